The largest absolute Gasteiger partial charge is 0.353 e. The summed E-state index contributed by atoms with van der Waals surface area (Å²) in [5.41, 5.74) is 1.03. The molecule has 0 bridgehead atoms. The maximum atomic E-state index is 11.7. The van der Waals surface area contributed by atoms with E-state index in [4.69, 9.17) is 0 Å². The van der Waals surface area contributed by atoms with E-state index in [0.717, 1.165) is 10.0 Å². The quantitative estimate of drug-likeness (QED) is 0.904. The molecule has 1 aromatic rings. The maximum absolute atomic E-state index is 11.7. The van der Waals surface area contributed by atoms with Crippen LogP contribution >= 0.6 is 15.9 Å². The van der Waals surface area contributed by atoms with Gasteiger partial charge in [0.1, 0.15) is 0 Å². The van der Waals surface area contributed by atoms with E-state index in [9.17, 15) is 4.79 Å². The first-order chi connectivity index (χ1) is 7.49. The Morgan fingerprint density at radius 3 is 2.62 bits per heavy atom. The lowest BCUT2D eigenvalue weighted by atomic mass is 10.1. The second-order valence-corrected chi connectivity index (χ2v) is 5.32. The Kier molecular flexibility index (Phi) is 5.00. The van der Waals surface area contributed by atoms with Crippen LogP contribution in [0.25, 0.3) is 0 Å². The number of benzene rings is 1. The van der Waals surface area contributed by atoms with E-state index in [1.165, 1.54) is 0 Å². The fourth-order valence-corrected chi connectivity index (χ4v) is 1.75. The van der Waals surface area contributed by atoms with E-state index < -0.39 is 0 Å². The van der Waals surface area contributed by atoms with Gasteiger partial charge in [-0.15, -0.1) is 0 Å². The molecule has 1 atom stereocenters. The SMILES string of the molecule is CC(C)[C@H](C)NC(=O)Cc1cccc(Br)c1. The van der Waals surface area contributed by atoms with E-state index in [1.54, 1.807) is 0 Å². The molecule has 0 heterocycles. The highest BCUT2D eigenvalue weighted by molar-refractivity contribution is 9.10. The average Bonchev–Trinajstić information content (AvgIpc) is 2.16. The number of amides is 1. The van der Waals surface area contributed by atoms with Gasteiger partial charge in [-0.2, -0.15) is 0 Å². The lowest BCUT2D eigenvalue weighted by Gasteiger charge is -2.17. The fraction of sp³-hybridized carbons (Fsp3) is 0.462. The minimum atomic E-state index is 0.0827. The van der Waals surface area contributed by atoms with Crippen LogP contribution in [0.5, 0.6) is 0 Å². The molecule has 0 aliphatic rings. The fourth-order valence-electron chi connectivity index (χ4n) is 1.30. The Labute approximate surface area is 106 Å². The summed E-state index contributed by atoms with van der Waals surface area (Å²) in [6.45, 7) is 6.23. The van der Waals surface area contributed by atoms with Crippen LogP contribution in [0.3, 0.4) is 0 Å². The van der Waals surface area contributed by atoms with Gasteiger partial charge in [0.15, 0.2) is 0 Å². The van der Waals surface area contributed by atoms with E-state index in [-0.39, 0.29) is 11.9 Å². The zero-order valence-corrected chi connectivity index (χ0v) is 11.5. The summed E-state index contributed by atoms with van der Waals surface area (Å²) in [5, 5.41) is 2.99. The molecule has 1 rings (SSSR count). The first-order valence-corrected chi connectivity index (χ1v) is 6.32. The van der Waals surface area contributed by atoms with Gasteiger partial charge in [0, 0.05) is 10.5 Å². The highest BCUT2D eigenvalue weighted by atomic mass is 79.9. The van der Waals surface area contributed by atoms with Gasteiger partial charge in [0.2, 0.25) is 5.91 Å². The zero-order valence-electron chi connectivity index (χ0n) is 9.96. The monoisotopic (exact) mass is 283 g/mol. The predicted molar refractivity (Wildman–Crippen MR) is 70.3 cm³/mol. The van der Waals surface area contributed by atoms with Crippen LogP contribution in [0.15, 0.2) is 28.7 Å². The number of hydrogen-bond donors (Lipinski definition) is 1. The number of carbonyl (C=O) groups is 1. The van der Waals surface area contributed by atoms with Crippen molar-refractivity contribution < 1.29 is 4.79 Å². The molecule has 0 saturated heterocycles. The van der Waals surface area contributed by atoms with Crippen molar-refractivity contribution in [3.63, 3.8) is 0 Å². The Bertz CT molecular complexity index is 363. The van der Waals surface area contributed by atoms with Crippen LogP contribution in [0, 0.1) is 5.92 Å². The normalized spacial score (nSPS) is 12.6. The molecule has 0 aromatic heterocycles. The number of rotatable bonds is 4. The Morgan fingerprint density at radius 2 is 2.06 bits per heavy atom. The number of nitrogens with one attached hydrogen (secondary N) is 1. The molecule has 1 amide bonds. The Morgan fingerprint density at radius 1 is 1.38 bits per heavy atom. The molecule has 1 N–H and O–H groups in total. The molecule has 0 aliphatic carbocycles. The standard InChI is InChI=1S/C13H18BrNO/c1-9(2)10(3)15-13(16)8-11-5-4-6-12(14)7-11/h4-7,9-10H,8H2,1-3H3,(H,15,16)/t10-/m0/s1. The van der Waals surface area contributed by atoms with Gasteiger partial charge in [-0.25, -0.2) is 0 Å². The van der Waals surface area contributed by atoms with Gasteiger partial charge in [-0.05, 0) is 30.5 Å². The molecule has 0 unspecified atom stereocenters. The highest BCUT2D eigenvalue weighted by Crippen LogP contribution is 2.12. The summed E-state index contributed by atoms with van der Waals surface area (Å²) in [5.74, 6) is 0.547. The molecule has 2 nitrogen and oxygen atoms in total. The van der Waals surface area contributed by atoms with Crippen molar-refractivity contribution in [2.45, 2.75) is 33.2 Å². The Balaban J connectivity index is 2.52. The summed E-state index contributed by atoms with van der Waals surface area (Å²) < 4.78 is 1.01. The van der Waals surface area contributed by atoms with Crippen LogP contribution in [0.1, 0.15) is 26.3 Å². The lowest BCUT2D eigenvalue weighted by molar-refractivity contribution is -0.121. The summed E-state index contributed by atoms with van der Waals surface area (Å²) in [4.78, 5) is 11.7. The van der Waals surface area contributed by atoms with Gasteiger partial charge in [-0.1, -0.05) is 41.9 Å². The minimum absolute atomic E-state index is 0.0827. The zero-order chi connectivity index (χ0) is 12.1. The third-order valence-electron chi connectivity index (χ3n) is 2.64. The third kappa shape index (κ3) is 4.35. The Hall–Kier alpha value is -0.830. The van der Waals surface area contributed by atoms with E-state index in [0.29, 0.717) is 12.3 Å². The van der Waals surface area contributed by atoms with E-state index >= 15 is 0 Å². The topological polar surface area (TPSA) is 29.1 Å². The molecular weight excluding hydrogens is 266 g/mol. The van der Waals surface area contributed by atoms with Gasteiger partial charge in [0.25, 0.3) is 0 Å². The molecule has 0 saturated carbocycles. The van der Waals surface area contributed by atoms with Crippen LogP contribution in [-0.2, 0) is 11.2 Å². The van der Waals surface area contributed by atoms with Gasteiger partial charge in [0.05, 0.1) is 6.42 Å². The summed E-state index contributed by atoms with van der Waals surface area (Å²) in [6.07, 6.45) is 0.441. The molecule has 88 valence electrons. The molecule has 0 fully saturated rings. The van der Waals surface area contributed by atoms with Crippen molar-refractivity contribution in [1.82, 2.24) is 5.32 Å². The van der Waals surface area contributed by atoms with E-state index in [2.05, 4.69) is 35.1 Å². The molecule has 16 heavy (non-hydrogen) atoms. The summed E-state index contributed by atoms with van der Waals surface area (Å²) in [6, 6.07) is 8.06. The maximum Gasteiger partial charge on any atom is 0.224 e. The number of hydrogen-bond acceptors (Lipinski definition) is 1. The predicted octanol–water partition coefficient (Wildman–Crippen LogP) is 3.15. The number of carbonyl (C=O) groups excluding carboxylic acids is 1. The summed E-state index contributed by atoms with van der Waals surface area (Å²) in [7, 11) is 0. The number of halogens is 1. The van der Waals surface area contributed by atoms with Gasteiger partial charge >= 0.3 is 0 Å². The van der Waals surface area contributed by atoms with Crippen LogP contribution < -0.4 is 5.32 Å². The summed E-state index contributed by atoms with van der Waals surface area (Å²) >= 11 is 3.39. The van der Waals surface area contributed by atoms with E-state index in [1.807, 2.05) is 31.2 Å². The van der Waals surface area contributed by atoms with Crippen LogP contribution in [-0.4, -0.2) is 11.9 Å². The molecule has 0 radical (unpaired) electrons. The molecule has 1 aromatic carbocycles. The van der Waals surface area contributed by atoms with Crippen LogP contribution in [0.2, 0.25) is 0 Å². The third-order valence-corrected chi connectivity index (χ3v) is 3.14. The first kappa shape index (κ1) is 13.2. The second-order valence-electron chi connectivity index (χ2n) is 4.41. The van der Waals surface area contributed by atoms with Crippen molar-refractivity contribution in [1.29, 1.82) is 0 Å². The van der Waals surface area contributed by atoms with Crippen molar-refractivity contribution in [3.8, 4) is 0 Å². The molecular formula is C13H18BrNO. The van der Waals surface area contributed by atoms with Crippen molar-refractivity contribution >= 4 is 21.8 Å². The minimum Gasteiger partial charge on any atom is -0.353 e. The van der Waals surface area contributed by atoms with Crippen LogP contribution in [0.4, 0.5) is 0 Å². The van der Waals surface area contributed by atoms with Gasteiger partial charge < -0.3 is 5.32 Å². The van der Waals surface area contributed by atoms with Crippen molar-refractivity contribution in [3.05, 3.63) is 34.3 Å². The highest BCUT2D eigenvalue weighted by Gasteiger charge is 2.10. The second kappa shape index (κ2) is 6.04. The molecule has 3 heteroatoms. The average molecular weight is 284 g/mol. The smallest absolute Gasteiger partial charge is 0.224 e. The van der Waals surface area contributed by atoms with Gasteiger partial charge in [-0.3, -0.25) is 4.79 Å². The first-order valence-electron chi connectivity index (χ1n) is 5.53. The van der Waals surface area contributed by atoms with Crippen molar-refractivity contribution in [2.75, 3.05) is 0 Å². The van der Waals surface area contributed by atoms with Crippen molar-refractivity contribution in [2.24, 2.45) is 5.92 Å². The molecule has 0 aliphatic heterocycles. The molecule has 0 spiro atoms. The lowest BCUT2D eigenvalue weighted by Crippen LogP contribution is -2.37.